The fourth-order valence-corrected chi connectivity index (χ4v) is 3.17. The summed E-state index contributed by atoms with van der Waals surface area (Å²) in [5.74, 6) is 1.69. The van der Waals surface area contributed by atoms with E-state index in [9.17, 15) is 0 Å². The summed E-state index contributed by atoms with van der Waals surface area (Å²) in [6, 6.07) is 6.58. The van der Waals surface area contributed by atoms with Gasteiger partial charge in [-0.1, -0.05) is 6.08 Å². The van der Waals surface area contributed by atoms with Gasteiger partial charge in [-0.05, 0) is 49.4 Å². The first-order valence-corrected chi connectivity index (χ1v) is 6.69. The van der Waals surface area contributed by atoms with E-state index in [1.165, 1.54) is 18.4 Å². The summed E-state index contributed by atoms with van der Waals surface area (Å²) < 4.78 is 5.90. The molecule has 0 spiro atoms. The largest absolute Gasteiger partial charge is 0.455 e. The number of rotatable bonds is 1. The number of nitrogens with one attached hydrogen (secondary N) is 1. The van der Waals surface area contributed by atoms with Gasteiger partial charge in [0.05, 0.1) is 0 Å². The van der Waals surface area contributed by atoms with Crippen LogP contribution in [0.25, 0.3) is 16.7 Å². The molecule has 0 aromatic carbocycles. The third-order valence-corrected chi connectivity index (χ3v) is 4.10. The second kappa shape index (κ2) is 3.95. The molecule has 0 radical (unpaired) electrons. The fraction of sp³-hybridized carbons (Fsp3) is 0.400. The lowest BCUT2D eigenvalue weighted by Crippen LogP contribution is -2.37. The summed E-state index contributed by atoms with van der Waals surface area (Å²) >= 11 is 0. The van der Waals surface area contributed by atoms with Gasteiger partial charge in [-0.3, -0.25) is 4.98 Å². The minimum atomic E-state index is 0.620. The molecule has 3 heteroatoms. The Hall–Kier alpha value is -1.61. The van der Waals surface area contributed by atoms with Crippen molar-refractivity contribution in [1.29, 1.82) is 0 Å². The molecule has 1 N–H and O–H groups in total. The first-order valence-electron chi connectivity index (χ1n) is 6.69. The molecular formula is C15H16N2O. The molecule has 1 fully saturated rings. The molecule has 2 aromatic heterocycles. The number of fused-ring (bicyclic) bond motifs is 2. The van der Waals surface area contributed by atoms with E-state index in [1.807, 2.05) is 18.3 Å². The van der Waals surface area contributed by atoms with Gasteiger partial charge in [0.25, 0.3) is 0 Å². The van der Waals surface area contributed by atoms with Gasteiger partial charge in [0.1, 0.15) is 11.3 Å². The second-order valence-corrected chi connectivity index (χ2v) is 5.26. The Morgan fingerprint density at radius 1 is 1.39 bits per heavy atom. The van der Waals surface area contributed by atoms with E-state index in [-0.39, 0.29) is 0 Å². The first kappa shape index (κ1) is 10.3. The van der Waals surface area contributed by atoms with Gasteiger partial charge in [-0.25, -0.2) is 0 Å². The third-order valence-electron chi connectivity index (χ3n) is 4.10. The highest BCUT2D eigenvalue weighted by atomic mass is 16.3. The van der Waals surface area contributed by atoms with Crippen molar-refractivity contribution in [3.05, 3.63) is 36.2 Å². The van der Waals surface area contributed by atoms with Crippen LogP contribution in [0.15, 0.2) is 34.9 Å². The van der Waals surface area contributed by atoms with Crippen molar-refractivity contribution in [3.8, 4) is 0 Å². The Kier molecular flexibility index (Phi) is 2.27. The van der Waals surface area contributed by atoms with E-state index in [4.69, 9.17) is 4.42 Å². The third kappa shape index (κ3) is 1.58. The zero-order valence-electron chi connectivity index (χ0n) is 10.2. The lowest BCUT2D eigenvalue weighted by atomic mass is 9.94. The zero-order valence-corrected chi connectivity index (χ0v) is 10.2. The van der Waals surface area contributed by atoms with E-state index in [2.05, 4.69) is 22.4 Å². The van der Waals surface area contributed by atoms with E-state index >= 15 is 0 Å². The van der Waals surface area contributed by atoms with Crippen LogP contribution in [0.2, 0.25) is 0 Å². The van der Waals surface area contributed by atoms with Gasteiger partial charge in [-0.15, -0.1) is 0 Å². The summed E-state index contributed by atoms with van der Waals surface area (Å²) in [7, 11) is 0. The maximum atomic E-state index is 5.90. The van der Waals surface area contributed by atoms with Crippen LogP contribution in [0.1, 0.15) is 25.0 Å². The van der Waals surface area contributed by atoms with Gasteiger partial charge in [-0.2, -0.15) is 0 Å². The predicted octanol–water partition coefficient (Wildman–Crippen LogP) is 2.98. The monoisotopic (exact) mass is 240 g/mol. The minimum absolute atomic E-state index is 0.620. The normalized spacial score (nSPS) is 27.2. The van der Waals surface area contributed by atoms with Crippen molar-refractivity contribution in [1.82, 2.24) is 10.3 Å². The number of hydrogen-bond acceptors (Lipinski definition) is 3. The first-order chi connectivity index (χ1) is 8.90. The van der Waals surface area contributed by atoms with Crippen LogP contribution >= 0.6 is 0 Å². The topological polar surface area (TPSA) is 38.1 Å². The van der Waals surface area contributed by atoms with Crippen molar-refractivity contribution in [2.24, 2.45) is 5.92 Å². The van der Waals surface area contributed by atoms with Gasteiger partial charge >= 0.3 is 0 Å². The van der Waals surface area contributed by atoms with Crippen molar-refractivity contribution in [2.75, 3.05) is 6.54 Å². The van der Waals surface area contributed by atoms with Crippen LogP contribution in [0.5, 0.6) is 0 Å². The summed E-state index contributed by atoms with van der Waals surface area (Å²) in [6.45, 7) is 1.16. The van der Waals surface area contributed by atoms with Gasteiger partial charge in [0.15, 0.2) is 5.58 Å². The average molecular weight is 240 g/mol. The molecule has 92 valence electrons. The van der Waals surface area contributed by atoms with Gasteiger partial charge < -0.3 is 9.73 Å². The molecule has 3 heterocycles. The van der Waals surface area contributed by atoms with Crippen LogP contribution in [0.3, 0.4) is 0 Å². The van der Waals surface area contributed by atoms with E-state index in [0.29, 0.717) is 12.0 Å². The molecule has 2 aromatic rings. The molecule has 1 saturated heterocycles. The van der Waals surface area contributed by atoms with Crippen molar-refractivity contribution in [3.63, 3.8) is 0 Å². The number of nitrogens with zero attached hydrogens (tertiary/aromatic N) is 1. The maximum Gasteiger partial charge on any atom is 0.153 e. The maximum absolute atomic E-state index is 5.90. The Morgan fingerprint density at radius 2 is 2.39 bits per heavy atom. The molecule has 1 aliphatic carbocycles. The van der Waals surface area contributed by atoms with Crippen LogP contribution in [-0.2, 0) is 0 Å². The SMILES string of the molecule is C1=C(c2cc3ncccc3o2)C[C@@H]2NCCC[C@H]12. The van der Waals surface area contributed by atoms with Crippen LogP contribution < -0.4 is 5.32 Å². The van der Waals surface area contributed by atoms with E-state index in [1.54, 1.807) is 0 Å². The highest BCUT2D eigenvalue weighted by Crippen LogP contribution is 2.37. The zero-order chi connectivity index (χ0) is 11.9. The fourth-order valence-electron chi connectivity index (χ4n) is 3.17. The molecular weight excluding hydrogens is 224 g/mol. The summed E-state index contributed by atoms with van der Waals surface area (Å²) in [5.41, 5.74) is 3.19. The standard InChI is InChI=1S/C15H16N2O/c1-3-10-7-11(8-12(10)16-5-1)15-9-13-14(18-15)4-2-6-17-13/h2,4,6-7,9-10,12,16H,1,3,5,8H2/t10-,12+/m1/s1. The molecule has 4 rings (SSSR count). The molecule has 3 nitrogen and oxygen atoms in total. The van der Waals surface area contributed by atoms with Crippen LogP contribution in [0.4, 0.5) is 0 Å². The van der Waals surface area contributed by atoms with Crippen LogP contribution in [-0.4, -0.2) is 17.6 Å². The number of pyridine rings is 1. The molecule has 1 aliphatic heterocycles. The smallest absolute Gasteiger partial charge is 0.153 e. The number of furan rings is 1. The van der Waals surface area contributed by atoms with Crippen molar-refractivity contribution in [2.45, 2.75) is 25.3 Å². The van der Waals surface area contributed by atoms with E-state index < -0.39 is 0 Å². The molecule has 0 unspecified atom stereocenters. The quantitative estimate of drug-likeness (QED) is 0.832. The Balaban J connectivity index is 1.70. The summed E-state index contributed by atoms with van der Waals surface area (Å²) in [4.78, 5) is 4.33. The average Bonchev–Trinajstić information content (AvgIpc) is 3.02. The number of aromatic nitrogens is 1. The van der Waals surface area contributed by atoms with Gasteiger partial charge in [0, 0.05) is 18.3 Å². The predicted molar refractivity (Wildman–Crippen MR) is 71.1 cm³/mol. The summed E-state index contributed by atoms with van der Waals surface area (Å²) in [5, 5.41) is 3.61. The highest BCUT2D eigenvalue weighted by Gasteiger charge is 2.31. The number of hydrogen-bond donors (Lipinski definition) is 1. The minimum Gasteiger partial charge on any atom is -0.455 e. The van der Waals surface area contributed by atoms with E-state index in [0.717, 1.165) is 29.8 Å². The molecule has 0 saturated carbocycles. The number of piperidine rings is 1. The lowest BCUT2D eigenvalue weighted by molar-refractivity contribution is 0.348. The Morgan fingerprint density at radius 3 is 3.28 bits per heavy atom. The molecule has 2 atom stereocenters. The van der Waals surface area contributed by atoms with Crippen LogP contribution in [0, 0.1) is 5.92 Å². The molecule has 18 heavy (non-hydrogen) atoms. The van der Waals surface area contributed by atoms with Gasteiger partial charge in [0.2, 0.25) is 0 Å². The van der Waals surface area contributed by atoms with Crippen molar-refractivity contribution < 1.29 is 4.42 Å². The summed E-state index contributed by atoms with van der Waals surface area (Å²) in [6.07, 6.45) is 7.89. The Labute approximate surface area is 106 Å². The Bertz CT molecular complexity index is 581. The second-order valence-electron chi connectivity index (χ2n) is 5.26. The lowest BCUT2D eigenvalue weighted by Gasteiger charge is -2.25. The highest BCUT2D eigenvalue weighted by molar-refractivity contribution is 5.79. The molecule has 0 bridgehead atoms. The van der Waals surface area contributed by atoms with Crippen molar-refractivity contribution >= 4 is 16.7 Å². The molecule has 2 aliphatic rings. The molecule has 0 amide bonds.